The third kappa shape index (κ3) is 5.72. The van der Waals surface area contributed by atoms with Crippen LogP contribution in [0.25, 0.3) is 28.2 Å². The lowest BCUT2D eigenvalue weighted by molar-refractivity contribution is -0.274. The van der Waals surface area contributed by atoms with Crippen LogP contribution in [0, 0.1) is 0 Å². The standard InChI is InChI=1S/C34H38F3N3O4/c1-3-38(2)20-24-11-8-16-39(24)32(41)23-17-27-25(12-7-13-29(27)44-34(35,36)37)31-30(21-9-5-4-6-10-21)26-15-14-22(33(42)43)18-28(26)40(31)19-23/h7,12-15,17-18,21,24H,3-6,8-11,16,19-20H2,1-2H3,(H,42,43). The van der Waals surface area contributed by atoms with Gasteiger partial charge in [-0.3, -0.25) is 4.79 Å². The average molecular weight is 610 g/mol. The zero-order valence-electron chi connectivity index (χ0n) is 25.1. The van der Waals surface area contributed by atoms with Gasteiger partial charge in [0.1, 0.15) is 5.75 Å². The van der Waals surface area contributed by atoms with Gasteiger partial charge >= 0.3 is 12.3 Å². The summed E-state index contributed by atoms with van der Waals surface area (Å²) in [6.45, 7) is 4.28. The topological polar surface area (TPSA) is 75.0 Å². The van der Waals surface area contributed by atoms with Gasteiger partial charge in [0.15, 0.2) is 0 Å². The summed E-state index contributed by atoms with van der Waals surface area (Å²) < 4.78 is 47.6. The number of nitrogens with zero attached hydrogens (tertiary/aromatic N) is 3. The Morgan fingerprint density at radius 3 is 2.55 bits per heavy atom. The Bertz CT molecular complexity index is 1620. The zero-order chi connectivity index (χ0) is 31.2. The van der Waals surface area contributed by atoms with E-state index in [0.29, 0.717) is 29.7 Å². The van der Waals surface area contributed by atoms with Crippen molar-refractivity contribution in [2.75, 3.05) is 26.7 Å². The fraction of sp³-hybridized carbons (Fsp3) is 0.471. The van der Waals surface area contributed by atoms with Crippen LogP contribution < -0.4 is 4.74 Å². The summed E-state index contributed by atoms with van der Waals surface area (Å²) in [7, 11) is 2.01. The second-order valence-electron chi connectivity index (χ2n) is 12.3. The first-order valence-corrected chi connectivity index (χ1v) is 15.5. The summed E-state index contributed by atoms with van der Waals surface area (Å²) in [6.07, 6.45) is 3.43. The third-order valence-electron chi connectivity index (χ3n) is 9.53. The lowest BCUT2D eigenvalue weighted by atomic mass is 9.81. The van der Waals surface area contributed by atoms with Crippen LogP contribution in [0.1, 0.15) is 79.3 Å². The molecule has 3 aliphatic rings. The highest BCUT2D eigenvalue weighted by atomic mass is 19.4. The van der Waals surface area contributed by atoms with Crippen molar-refractivity contribution >= 4 is 28.9 Å². The summed E-state index contributed by atoms with van der Waals surface area (Å²) in [6, 6.07) is 9.66. The van der Waals surface area contributed by atoms with Crippen LogP contribution in [-0.2, 0) is 11.3 Å². The van der Waals surface area contributed by atoms with Crippen LogP contribution in [0.5, 0.6) is 5.75 Å². The van der Waals surface area contributed by atoms with Crippen molar-refractivity contribution in [3.8, 4) is 17.0 Å². The van der Waals surface area contributed by atoms with Crippen molar-refractivity contribution in [1.82, 2.24) is 14.4 Å². The Kier molecular flexibility index (Phi) is 8.22. The highest BCUT2D eigenvalue weighted by Gasteiger charge is 2.37. The maximum absolute atomic E-state index is 14.3. The molecule has 1 saturated heterocycles. The first-order chi connectivity index (χ1) is 21.1. The molecule has 2 aromatic carbocycles. The van der Waals surface area contributed by atoms with Crippen molar-refractivity contribution in [2.24, 2.45) is 0 Å². The van der Waals surface area contributed by atoms with Gasteiger partial charge in [-0.2, -0.15) is 0 Å². The maximum Gasteiger partial charge on any atom is 0.573 e. The van der Waals surface area contributed by atoms with Gasteiger partial charge in [-0.25, -0.2) is 4.79 Å². The third-order valence-corrected chi connectivity index (χ3v) is 9.53. The number of halogens is 3. The van der Waals surface area contributed by atoms with Gasteiger partial charge in [0, 0.05) is 46.7 Å². The molecule has 1 atom stereocenters. The van der Waals surface area contributed by atoms with Gasteiger partial charge in [0.05, 0.1) is 17.8 Å². The molecule has 1 saturated carbocycles. The van der Waals surface area contributed by atoms with E-state index in [-0.39, 0.29) is 41.3 Å². The molecule has 0 bridgehead atoms. The Labute approximate surface area is 254 Å². The van der Waals surface area contributed by atoms with Crippen LogP contribution in [0.3, 0.4) is 0 Å². The Morgan fingerprint density at radius 2 is 1.84 bits per heavy atom. The zero-order valence-corrected chi connectivity index (χ0v) is 25.1. The van der Waals surface area contributed by atoms with Gasteiger partial charge in [-0.1, -0.05) is 44.4 Å². The largest absolute Gasteiger partial charge is 0.573 e. The highest BCUT2D eigenvalue weighted by Crippen LogP contribution is 2.48. The van der Waals surface area contributed by atoms with Gasteiger partial charge in [0.25, 0.3) is 5.91 Å². The molecule has 10 heteroatoms. The molecule has 0 spiro atoms. The monoisotopic (exact) mass is 609 g/mol. The number of alkyl halides is 3. The van der Waals surface area contributed by atoms with Crippen molar-refractivity contribution in [3.63, 3.8) is 0 Å². The van der Waals surface area contributed by atoms with Crippen molar-refractivity contribution < 1.29 is 32.6 Å². The first-order valence-electron chi connectivity index (χ1n) is 15.5. The normalized spacial score (nSPS) is 19.1. The second-order valence-corrected chi connectivity index (χ2v) is 12.3. The Morgan fingerprint density at radius 1 is 1.07 bits per heavy atom. The van der Waals surface area contributed by atoms with Crippen LogP contribution >= 0.6 is 0 Å². The van der Waals surface area contributed by atoms with Crippen molar-refractivity contribution in [3.05, 3.63) is 58.7 Å². The number of aromatic carboxylic acids is 1. The summed E-state index contributed by atoms with van der Waals surface area (Å²) in [5, 5.41) is 10.7. The quantitative estimate of drug-likeness (QED) is 0.305. The summed E-state index contributed by atoms with van der Waals surface area (Å²) in [5.74, 6) is -1.48. The number of carboxylic acid groups (broad SMARTS) is 1. The number of hydrogen-bond donors (Lipinski definition) is 1. The number of carbonyl (C=O) groups excluding carboxylic acids is 1. The molecule has 1 aromatic heterocycles. The molecule has 0 radical (unpaired) electrons. The fourth-order valence-corrected chi connectivity index (χ4v) is 7.37. The molecule has 44 heavy (non-hydrogen) atoms. The molecule has 234 valence electrons. The fourth-order valence-electron chi connectivity index (χ4n) is 7.37. The minimum Gasteiger partial charge on any atom is -0.478 e. The number of rotatable bonds is 7. The van der Waals surface area contributed by atoms with E-state index in [0.717, 1.165) is 68.1 Å². The van der Waals surface area contributed by atoms with Gasteiger partial charge in [0.2, 0.25) is 0 Å². The van der Waals surface area contributed by atoms with E-state index in [4.69, 9.17) is 0 Å². The van der Waals surface area contributed by atoms with E-state index in [1.54, 1.807) is 30.3 Å². The lowest BCUT2D eigenvalue weighted by Gasteiger charge is -2.29. The molecule has 2 aliphatic heterocycles. The van der Waals surface area contributed by atoms with E-state index in [2.05, 4.69) is 16.6 Å². The van der Waals surface area contributed by atoms with Crippen LogP contribution in [0.4, 0.5) is 13.2 Å². The Hall–Kier alpha value is -3.79. The number of likely N-dealkylation sites (tertiary alicyclic amines) is 1. The summed E-state index contributed by atoms with van der Waals surface area (Å²) in [4.78, 5) is 30.4. The molecular weight excluding hydrogens is 571 g/mol. The molecule has 1 N–H and O–H groups in total. The molecular formula is C34H38F3N3O4. The molecule has 3 heterocycles. The van der Waals surface area contributed by atoms with Gasteiger partial charge in [-0.15, -0.1) is 13.2 Å². The van der Waals surface area contributed by atoms with E-state index in [1.807, 2.05) is 22.6 Å². The number of carbonyl (C=O) groups is 2. The predicted molar refractivity (Wildman–Crippen MR) is 163 cm³/mol. The van der Waals surface area contributed by atoms with E-state index in [1.165, 1.54) is 6.07 Å². The van der Waals surface area contributed by atoms with E-state index in [9.17, 15) is 27.9 Å². The molecule has 1 unspecified atom stereocenters. The smallest absolute Gasteiger partial charge is 0.478 e. The minimum atomic E-state index is -4.92. The van der Waals surface area contributed by atoms with Gasteiger partial charge in [-0.05, 0) is 75.0 Å². The highest BCUT2D eigenvalue weighted by molar-refractivity contribution is 6.04. The van der Waals surface area contributed by atoms with Crippen LogP contribution in [-0.4, -0.2) is 70.4 Å². The molecule has 1 aliphatic carbocycles. The molecule has 3 aromatic rings. The number of ether oxygens (including phenoxy) is 1. The van der Waals surface area contributed by atoms with Gasteiger partial charge < -0.3 is 24.2 Å². The lowest BCUT2D eigenvalue weighted by Crippen LogP contribution is -2.43. The summed E-state index contributed by atoms with van der Waals surface area (Å²) in [5.41, 5.74) is 3.64. The predicted octanol–water partition coefficient (Wildman–Crippen LogP) is 7.29. The Balaban J connectivity index is 1.58. The van der Waals surface area contributed by atoms with E-state index >= 15 is 0 Å². The van der Waals surface area contributed by atoms with E-state index < -0.39 is 12.3 Å². The summed E-state index contributed by atoms with van der Waals surface area (Å²) >= 11 is 0. The van der Waals surface area contributed by atoms with Crippen molar-refractivity contribution in [1.29, 1.82) is 0 Å². The number of benzene rings is 2. The van der Waals surface area contributed by atoms with Crippen molar-refractivity contribution in [2.45, 2.75) is 76.7 Å². The maximum atomic E-state index is 14.3. The number of hydrogen-bond acceptors (Lipinski definition) is 4. The molecule has 2 fully saturated rings. The minimum absolute atomic E-state index is 0.00460. The second kappa shape index (κ2) is 12.0. The van der Waals surface area contributed by atoms with Crippen LogP contribution in [0.2, 0.25) is 0 Å². The SMILES string of the molecule is CCN(C)CC1CCCN1C(=O)C1=Cc2c(OC(F)(F)F)cccc2-c2c(C3CCCCC3)c3ccc(C(=O)O)cc3n2C1. The number of amides is 1. The molecule has 1 amide bonds. The average Bonchev–Trinajstić information content (AvgIpc) is 3.53. The first kappa shape index (κ1) is 30.2. The molecule has 7 nitrogen and oxygen atoms in total. The number of fused-ring (bicyclic) bond motifs is 5. The number of carboxylic acids is 1. The van der Waals surface area contributed by atoms with Crippen LogP contribution in [0.15, 0.2) is 42.0 Å². The number of likely N-dealkylation sites (N-methyl/N-ethyl adjacent to an activating group) is 1. The molecule has 6 rings (SSSR count). The number of aromatic nitrogens is 1.